The van der Waals surface area contributed by atoms with Gasteiger partial charge < -0.3 is 5.73 Å². The molecule has 0 aliphatic heterocycles. The van der Waals surface area contributed by atoms with Gasteiger partial charge in [0.15, 0.2) is 0 Å². The smallest absolute Gasteiger partial charge is 0.141 e. The number of benzene rings is 1. The maximum Gasteiger partial charge on any atom is 0.141 e. The van der Waals surface area contributed by atoms with Crippen molar-refractivity contribution >= 4 is 17.4 Å². The quantitative estimate of drug-likeness (QED) is 0.480. The minimum absolute atomic E-state index is 0.0508. The summed E-state index contributed by atoms with van der Waals surface area (Å²) in [6.07, 6.45) is 0.286. The van der Waals surface area contributed by atoms with Gasteiger partial charge >= 0.3 is 0 Å². The summed E-state index contributed by atoms with van der Waals surface area (Å²) < 4.78 is 37.9. The summed E-state index contributed by atoms with van der Waals surface area (Å²) >= 11 is 0.961. The van der Waals surface area contributed by atoms with Gasteiger partial charge in [-0.2, -0.15) is 0 Å². The molecule has 14 heavy (non-hydrogen) atoms. The molecule has 0 radical (unpaired) electrons. The highest BCUT2D eigenvalue weighted by Gasteiger charge is 2.10. The van der Waals surface area contributed by atoms with Crippen LogP contribution in [0.1, 0.15) is 6.42 Å². The van der Waals surface area contributed by atoms with E-state index in [2.05, 4.69) is 0 Å². The lowest BCUT2D eigenvalue weighted by Crippen LogP contribution is -1.94. The van der Waals surface area contributed by atoms with E-state index in [0.29, 0.717) is 5.75 Å². The molecule has 0 spiro atoms. The Bertz CT molecular complexity index is 294. The molecule has 0 aromatic heterocycles. The zero-order chi connectivity index (χ0) is 10.6. The van der Waals surface area contributed by atoms with Crippen molar-refractivity contribution in [2.45, 2.75) is 11.3 Å². The van der Waals surface area contributed by atoms with Crippen LogP contribution < -0.4 is 5.73 Å². The summed E-state index contributed by atoms with van der Waals surface area (Å²) in [5, 5.41) is 0. The molecule has 1 nitrogen and oxygen atoms in total. The van der Waals surface area contributed by atoms with E-state index in [1.54, 1.807) is 0 Å². The predicted octanol–water partition coefficient (Wildman–Crippen LogP) is 3.00. The molecule has 0 bridgehead atoms. The Morgan fingerprint density at radius 3 is 2.29 bits per heavy atom. The summed E-state index contributed by atoms with van der Waals surface area (Å²) in [6, 6.07) is 2.11. The minimum Gasteiger partial charge on any atom is -0.399 e. The third kappa shape index (κ3) is 2.83. The van der Waals surface area contributed by atoms with Gasteiger partial charge in [-0.25, -0.2) is 8.78 Å². The summed E-state index contributed by atoms with van der Waals surface area (Å²) in [7, 11) is 0. The van der Waals surface area contributed by atoms with Crippen LogP contribution in [0.15, 0.2) is 17.0 Å². The van der Waals surface area contributed by atoms with Gasteiger partial charge in [-0.1, -0.05) is 0 Å². The molecule has 0 fully saturated rings. The summed E-state index contributed by atoms with van der Waals surface area (Å²) in [4.78, 5) is -0.0901. The molecule has 0 aliphatic rings. The third-order valence-electron chi connectivity index (χ3n) is 1.54. The lowest BCUT2D eigenvalue weighted by atomic mass is 10.3. The van der Waals surface area contributed by atoms with Crippen LogP contribution in [0.3, 0.4) is 0 Å². The molecule has 0 saturated heterocycles. The van der Waals surface area contributed by atoms with Gasteiger partial charge in [-0.15, -0.1) is 11.8 Å². The second-order valence-corrected chi connectivity index (χ2v) is 3.81. The van der Waals surface area contributed by atoms with Crippen LogP contribution in [0.5, 0.6) is 0 Å². The second kappa shape index (κ2) is 5.14. The Kier molecular flexibility index (Phi) is 4.13. The first-order chi connectivity index (χ1) is 6.65. The average molecular weight is 221 g/mol. The lowest BCUT2D eigenvalue weighted by Gasteiger charge is -2.04. The van der Waals surface area contributed by atoms with E-state index in [9.17, 15) is 13.2 Å². The molecule has 0 atom stereocenters. The molecule has 0 aliphatic carbocycles. The van der Waals surface area contributed by atoms with E-state index in [1.165, 1.54) is 0 Å². The maximum absolute atomic E-state index is 13.1. The Hall–Kier alpha value is -0.840. The molecule has 0 heterocycles. The minimum atomic E-state index is -0.689. The molecule has 0 amide bonds. The summed E-state index contributed by atoms with van der Waals surface area (Å²) in [5.41, 5.74) is 5.28. The van der Waals surface area contributed by atoms with E-state index in [0.717, 1.165) is 23.9 Å². The Morgan fingerprint density at radius 1 is 1.21 bits per heavy atom. The first kappa shape index (κ1) is 11.2. The first-order valence-electron chi connectivity index (χ1n) is 4.08. The third-order valence-corrected chi connectivity index (χ3v) is 2.72. The molecular weight excluding hydrogens is 211 g/mol. The number of hydrogen-bond donors (Lipinski definition) is 1. The van der Waals surface area contributed by atoms with Gasteiger partial charge in [0.1, 0.15) is 11.6 Å². The molecule has 0 saturated carbocycles. The number of hydrogen-bond acceptors (Lipinski definition) is 2. The Balaban J connectivity index is 2.75. The molecule has 1 aromatic carbocycles. The molecule has 1 aromatic rings. The zero-order valence-corrected chi connectivity index (χ0v) is 8.21. The highest BCUT2D eigenvalue weighted by atomic mass is 32.2. The number of halogens is 3. The van der Waals surface area contributed by atoms with Gasteiger partial charge in [0.05, 0.1) is 11.6 Å². The Labute approximate surface area is 84.5 Å². The van der Waals surface area contributed by atoms with Crippen molar-refractivity contribution in [2.75, 3.05) is 18.2 Å². The van der Waals surface area contributed by atoms with Gasteiger partial charge in [0, 0.05) is 11.4 Å². The van der Waals surface area contributed by atoms with Crippen LogP contribution >= 0.6 is 11.8 Å². The van der Waals surface area contributed by atoms with Crippen molar-refractivity contribution in [3.8, 4) is 0 Å². The van der Waals surface area contributed by atoms with Crippen LogP contribution in [-0.2, 0) is 0 Å². The van der Waals surface area contributed by atoms with Crippen LogP contribution in [0.2, 0.25) is 0 Å². The SMILES string of the molecule is Nc1cc(F)c(SCCCF)c(F)c1. The summed E-state index contributed by atoms with van der Waals surface area (Å²) in [5.74, 6) is -1.02. The molecule has 1 rings (SSSR count). The van der Waals surface area contributed by atoms with Crippen molar-refractivity contribution in [2.24, 2.45) is 0 Å². The number of thioether (sulfide) groups is 1. The van der Waals surface area contributed by atoms with Crippen molar-refractivity contribution in [3.05, 3.63) is 23.8 Å². The summed E-state index contributed by atoms with van der Waals surface area (Å²) in [6.45, 7) is -0.481. The first-order valence-corrected chi connectivity index (χ1v) is 5.07. The maximum atomic E-state index is 13.1. The fraction of sp³-hybridized carbons (Fsp3) is 0.333. The van der Waals surface area contributed by atoms with E-state index in [4.69, 9.17) is 5.73 Å². The number of alkyl halides is 1. The molecule has 0 unspecified atom stereocenters. The van der Waals surface area contributed by atoms with E-state index in [-0.39, 0.29) is 17.0 Å². The fourth-order valence-corrected chi connectivity index (χ4v) is 1.80. The van der Waals surface area contributed by atoms with Crippen molar-refractivity contribution < 1.29 is 13.2 Å². The standard InChI is InChI=1S/C9H10F3NS/c10-2-1-3-14-9-7(11)4-6(13)5-8(9)12/h4-5H,1-3,13H2. The van der Waals surface area contributed by atoms with Crippen LogP contribution in [0, 0.1) is 11.6 Å². The fourth-order valence-electron chi connectivity index (χ4n) is 0.946. The van der Waals surface area contributed by atoms with Crippen molar-refractivity contribution in [1.82, 2.24) is 0 Å². The number of nitrogen functional groups attached to an aromatic ring is 1. The van der Waals surface area contributed by atoms with Crippen LogP contribution in [0.4, 0.5) is 18.9 Å². The molecule has 78 valence electrons. The Morgan fingerprint density at radius 2 is 1.79 bits per heavy atom. The van der Waals surface area contributed by atoms with Gasteiger partial charge in [-0.05, 0) is 18.6 Å². The topological polar surface area (TPSA) is 26.0 Å². The predicted molar refractivity (Wildman–Crippen MR) is 52.1 cm³/mol. The highest BCUT2D eigenvalue weighted by molar-refractivity contribution is 7.99. The van der Waals surface area contributed by atoms with Gasteiger partial charge in [0.25, 0.3) is 0 Å². The monoisotopic (exact) mass is 221 g/mol. The zero-order valence-electron chi connectivity index (χ0n) is 7.40. The molecule has 5 heteroatoms. The number of rotatable bonds is 4. The highest BCUT2D eigenvalue weighted by Crippen LogP contribution is 2.27. The average Bonchev–Trinajstić information content (AvgIpc) is 2.09. The van der Waals surface area contributed by atoms with E-state index < -0.39 is 18.3 Å². The van der Waals surface area contributed by atoms with Crippen LogP contribution in [0.25, 0.3) is 0 Å². The van der Waals surface area contributed by atoms with Gasteiger partial charge in [-0.3, -0.25) is 4.39 Å². The normalized spacial score (nSPS) is 10.5. The number of nitrogens with two attached hydrogens (primary N) is 1. The van der Waals surface area contributed by atoms with E-state index in [1.807, 2.05) is 0 Å². The number of anilines is 1. The van der Waals surface area contributed by atoms with Crippen molar-refractivity contribution in [3.63, 3.8) is 0 Å². The molecule has 2 N–H and O–H groups in total. The van der Waals surface area contributed by atoms with Crippen molar-refractivity contribution in [1.29, 1.82) is 0 Å². The second-order valence-electron chi connectivity index (χ2n) is 2.70. The molecular formula is C9H10F3NS. The van der Waals surface area contributed by atoms with Gasteiger partial charge in [0.2, 0.25) is 0 Å². The van der Waals surface area contributed by atoms with E-state index >= 15 is 0 Å². The largest absolute Gasteiger partial charge is 0.399 e. The van der Waals surface area contributed by atoms with Crippen LogP contribution in [-0.4, -0.2) is 12.4 Å². The lowest BCUT2D eigenvalue weighted by molar-refractivity contribution is 0.489.